The Morgan fingerprint density at radius 3 is 2.65 bits per heavy atom. The minimum Gasteiger partial charge on any atom is -0.489 e. The summed E-state index contributed by atoms with van der Waals surface area (Å²) in [5.74, 6) is 3.06. The number of hydrogen-bond donors (Lipinski definition) is 0. The number of carbonyl (C=O) groups excluding carboxylic acids is 1. The van der Waals surface area contributed by atoms with Gasteiger partial charge in [0.1, 0.15) is 18.5 Å². The number of benzene rings is 2. The zero-order valence-electron chi connectivity index (χ0n) is 21.1. The van der Waals surface area contributed by atoms with Gasteiger partial charge in [0.2, 0.25) is 0 Å². The average Bonchev–Trinajstić information content (AvgIpc) is 3.19. The number of fused-ring (bicyclic) bond motifs is 5. The van der Waals surface area contributed by atoms with E-state index >= 15 is 0 Å². The van der Waals surface area contributed by atoms with Crippen LogP contribution in [0.3, 0.4) is 0 Å². The monoisotopic (exact) mass is 460 g/mol. The molecule has 0 aliphatic heterocycles. The van der Waals surface area contributed by atoms with E-state index in [1.165, 1.54) is 36.0 Å². The molecule has 0 bridgehead atoms. The van der Waals surface area contributed by atoms with Crippen LogP contribution >= 0.6 is 0 Å². The van der Waals surface area contributed by atoms with Gasteiger partial charge in [0.05, 0.1) is 0 Å². The summed E-state index contributed by atoms with van der Waals surface area (Å²) in [4.78, 5) is 12.1. The van der Waals surface area contributed by atoms with Crippen LogP contribution in [0.2, 0.25) is 0 Å². The van der Waals surface area contributed by atoms with E-state index in [1.807, 2.05) is 6.92 Å². The lowest BCUT2D eigenvalue weighted by Gasteiger charge is -2.50. The Morgan fingerprint density at radius 2 is 1.88 bits per heavy atom. The van der Waals surface area contributed by atoms with Crippen molar-refractivity contribution in [2.75, 3.05) is 0 Å². The Morgan fingerprint density at radius 1 is 1.06 bits per heavy atom. The molecule has 182 valence electrons. The number of rotatable bonds is 7. The fraction of sp³-hybridized carbons (Fsp3) is 0.581. The van der Waals surface area contributed by atoms with Crippen molar-refractivity contribution < 1.29 is 14.3 Å². The lowest BCUT2D eigenvalue weighted by molar-refractivity contribution is -0.157. The largest absolute Gasteiger partial charge is 0.489 e. The fourth-order valence-corrected chi connectivity index (χ4v) is 7.37. The molecule has 3 aliphatic carbocycles. The summed E-state index contributed by atoms with van der Waals surface area (Å²) in [7, 11) is 0. The highest BCUT2D eigenvalue weighted by molar-refractivity contribution is 5.69. The Balaban J connectivity index is 1.38. The van der Waals surface area contributed by atoms with Crippen molar-refractivity contribution in [2.24, 2.45) is 17.3 Å². The van der Waals surface area contributed by atoms with Crippen LogP contribution in [0.4, 0.5) is 0 Å². The van der Waals surface area contributed by atoms with Crippen molar-refractivity contribution in [3.63, 3.8) is 0 Å². The maximum atomic E-state index is 12.1. The lowest BCUT2D eigenvalue weighted by atomic mass is 9.55. The quantitative estimate of drug-likeness (QED) is 0.404. The molecule has 0 amide bonds. The number of ether oxygens (including phenoxy) is 2. The summed E-state index contributed by atoms with van der Waals surface area (Å²) in [5, 5.41) is 0. The van der Waals surface area contributed by atoms with Gasteiger partial charge in [-0.15, -0.1) is 0 Å². The van der Waals surface area contributed by atoms with Crippen LogP contribution in [0.1, 0.15) is 93.9 Å². The fourth-order valence-electron chi connectivity index (χ4n) is 7.37. The molecule has 4 unspecified atom stereocenters. The third-order valence-corrected chi connectivity index (χ3v) is 9.14. The number of aryl methyl sites for hydroxylation is 2. The number of hydrogen-bond acceptors (Lipinski definition) is 3. The molecule has 2 aromatic carbocycles. The SMILES string of the molecule is CCCc1cc2c(cc1OCc1ccccc1)CCC1C2CC[C@]2(C)C(OC(=O)CC)CCC12. The van der Waals surface area contributed by atoms with Gasteiger partial charge in [-0.25, -0.2) is 0 Å². The first-order valence-electron chi connectivity index (χ1n) is 13.5. The van der Waals surface area contributed by atoms with Gasteiger partial charge in [0.25, 0.3) is 0 Å². The molecule has 5 rings (SSSR count). The van der Waals surface area contributed by atoms with Crippen molar-refractivity contribution in [1.82, 2.24) is 0 Å². The maximum Gasteiger partial charge on any atom is 0.305 e. The molecule has 0 heterocycles. The normalized spacial score (nSPS) is 29.6. The molecule has 3 nitrogen and oxygen atoms in total. The van der Waals surface area contributed by atoms with Crippen molar-refractivity contribution in [3.8, 4) is 5.75 Å². The van der Waals surface area contributed by atoms with Gasteiger partial charge in [-0.1, -0.05) is 63.6 Å². The molecule has 0 spiro atoms. The van der Waals surface area contributed by atoms with Crippen LogP contribution in [0.5, 0.6) is 5.75 Å². The minimum absolute atomic E-state index is 0.0322. The van der Waals surface area contributed by atoms with Gasteiger partial charge in [-0.05, 0) is 91.0 Å². The predicted octanol–water partition coefficient (Wildman–Crippen LogP) is 7.40. The van der Waals surface area contributed by atoms with Crippen molar-refractivity contribution in [1.29, 1.82) is 0 Å². The molecule has 0 radical (unpaired) electrons. The van der Waals surface area contributed by atoms with Gasteiger partial charge < -0.3 is 9.47 Å². The summed E-state index contributed by atoms with van der Waals surface area (Å²) >= 11 is 0. The average molecular weight is 461 g/mol. The van der Waals surface area contributed by atoms with Crippen LogP contribution in [-0.2, 0) is 29.0 Å². The molecule has 2 fully saturated rings. The summed E-state index contributed by atoms with van der Waals surface area (Å²) in [6.45, 7) is 7.19. The zero-order valence-corrected chi connectivity index (χ0v) is 21.1. The maximum absolute atomic E-state index is 12.1. The van der Waals surface area contributed by atoms with Crippen molar-refractivity contribution in [3.05, 3.63) is 64.7 Å². The molecular formula is C31H40O3. The molecule has 2 saturated carbocycles. The molecule has 0 N–H and O–H groups in total. The van der Waals surface area contributed by atoms with Crippen LogP contribution in [0, 0.1) is 17.3 Å². The van der Waals surface area contributed by atoms with E-state index in [1.54, 1.807) is 5.56 Å². The van der Waals surface area contributed by atoms with Gasteiger partial charge >= 0.3 is 5.97 Å². The second-order valence-electron chi connectivity index (χ2n) is 11.1. The minimum atomic E-state index is -0.0322. The van der Waals surface area contributed by atoms with Gasteiger partial charge in [0.15, 0.2) is 0 Å². The van der Waals surface area contributed by atoms with E-state index in [0.29, 0.717) is 30.8 Å². The molecule has 0 aromatic heterocycles. The molecule has 3 heteroatoms. The number of carbonyl (C=O) groups is 1. The summed E-state index contributed by atoms with van der Waals surface area (Å²) in [6, 6.07) is 15.3. The molecular weight excluding hydrogens is 420 g/mol. The van der Waals surface area contributed by atoms with Crippen molar-refractivity contribution >= 4 is 5.97 Å². The second kappa shape index (κ2) is 9.76. The van der Waals surface area contributed by atoms with Crippen LogP contribution in [-0.4, -0.2) is 12.1 Å². The molecule has 2 aromatic rings. The van der Waals surface area contributed by atoms with E-state index in [9.17, 15) is 4.79 Å². The molecule has 3 aliphatic rings. The highest BCUT2D eigenvalue weighted by Gasteiger charge is 2.56. The van der Waals surface area contributed by atoms with Gasteiger partial charge in [-0.2, -0.15) is 0 Å². The van der Waals surface area contributed by atoms with Crippen LogP contribution < -0.4 is 4.74 Å². The summed E-state index contributed by atoms with van der Waals surface area (Å²) in [6.07, 6.45) is 9.77. The van der Waals surface area contributed by atoms with Crippen molar-refractivity contribution in [2.45, 2.75) is 97.2 Å². The standard InChI is InChI=1S/C31H40O3/c1-4-9-23-18-26-22(19-28(23)33-20-21-10-7-6-8-11-21)12-13-25-24(26)16-17-31(3)27(25)14-15-29(31)34-30(32)5-2/h6-8,10-11,18-19,24-25,27,29H,4-5,9,12-17,20H2,1-3H3/t24?,25?,27?,29?,31-/m0/s1. The van der Waals surface area contributed by atoms with Crippen LogP contribution in [0.25, 0.3) is 0 Å². The highest BCUT2D eigenvalue weighted by Crippen LogP contribution is 2.61. The van der Waals surface area contributed by atoms with E-state index in [4.69, 9.17) is 9.47 Å². The first-order chi connectivity index (χ1) is 16.5. The topological polar surface area (TPSA) is 35.5 Å². The van der Waals surface area contributed by atoms with Gasteiger partial charge in [-0.3, -0.25) is 4.79 Å². The summed E-state index contributed by atoms with van der Waals surface area (Å²) in [5.41, 5.74) is 5.82. The first-order valence-corrected chi connectivity index (χ1v) is 13.5. The third-order valence-electron chi connectivity index (χ3n) is 9.14. The Labute approximate surface area is 205 Å². The summed E-state index contributed by atoms with van der Waals surface area (Å²) < 4.78 is 12.3. The van der Waals surface area contributed by atoms with E-state index in [0.717, 1.165) is 37.9 Å². The Bertz CT molecular complexity index is 1010. The molecule has 0 saturated heterocycles. The smallest absolute Gasteiger partial charge is 0.305 e. The number of esters is 1. The molecule has 34 heavy (non-hydrogen) atoms. The van der Waals surface area contributed by atoms with E-state index in [2.05, 4.69) is 56.3 Å². The first kappa shape index (κ1) is 23.5. The predicted molar refractivity (Wildman–Crippen MR) is 136 cm³/mol. The lowest BCUT2D eigenvalue weighted by Crippen LogP contribution is -2.45. The third kappa shape index (κ3) is 4.27. The van der Waals surface area contributed by atoms with Crippen LogP contribution in [0.15, 0.2) is 42.5 Å². The zero-order chi connectivity index (χ0) is 23.7. The van der Waals surface area contributed by atoms with E-state index in [-0.39, 0.29) is 17.5 Å². The second-order valence-corrected chi connectivity index (χ2v) is 11.1. The van der Waals surface area contributed by atoms with Gasteiger partial charge in [0, 0.05) is 11.8 Å². The Kier molecular flexibility index (Phi) is 6.73. The Hall–Kier alpha value is -2.29. The molecule has 5 atom stereocenters. The van der Waals surface area contributed by atoms with E-state index < -0.39 is 0 Å². The highest BCUT2D eigenvalue weighted by atomic mass is 16.5.